The molecule has 0 aliphatic rings. The van der Waals surface area contributed by atoms with Gasteiger partial charge in [-0.05, 0) is 38.5 Å². The first-order chi connectivity index (χ1) is 34.5. The lowest BCUT2D eigenvalue weighted by atomic mass is 10.0. The summed E-state index contributed by atoms with van der Waals surface area (Å²) >= 11 is 0. The summed E-state index contributed by atoms with van der Waals surface area (Å²) in [6.07, 6.45) is 62.7. The first kappa shape index (κ1) is 69.8. The Morgan fingerprint density at radius 1 is 0.423 bits per heavy atom. The molecule has 0 saturated carbocycles. The molecule has 0 aromatic rings. The number of unbranched alkanes of at least 4 members (excludes halogenated alkanes) is 42. The number of quaternary nitrogens is 1. The second-order valence-electron chi connectivity index (χ2n) is 22.4. The largest absolute Gasteiger partial charge is 0.756 e. The average Bonchev–Trinajstić information content (AvgIpc) is 3.33. The van der Waals surface area contributed by atoms with Gasteiger partial charge >= 0.3 is 11.9 Å². The molecular formula is C61H120NO8P. The Morgan fingerprint density at radius 3 is 1.04 bits per heavy atom. The van der Waals surface area contributed by atoms with Gasteiger partial charge in [0.1, 0.15) is 19.8 Å². The predicted octanol–water partition coefficient (Wildman–Crippen LogP) is 18.6. The van der Waals surface area contributed by atoms with Gasteiger partial charge < -0.3 is 27.9 Å². The molecule has 0 radical (unpaired) electrons. The van der Waals surface area contributed by atoms with Gasteiger partial charge in [-0.2, -0.15) is 0 Å². The van der Waals surface area contributed by atoms with E-state index in [1.807, 2.05) is 21.1 Å². The van der Waals surface area contributed by atoms with E-state index in [0.717, 1.165) is 44.9 Å². The van der Waals surface area contributed by atoms with Gasteiger partial charge in [0.15, 0.2) is 6.10 Å². The molecule has 0 bridgehead atoms. The minimum atomic E-state index is -4.63. The summed E-state index contributed by atoms with van der Waals surface area (Å²) in [6.45, 7) is 4.29. The Hall–Kier alpha value is -1.25. The van der Waals surface area contributed by atoms with E-state index < -0.39 is 26.5 Å². The third-order valence-corrected chi connectivity index (χ3v) is 15.0. The number of rotatable bonds is 58. The number of likely N-dealkylation sites (N-methyl/N-ethyl adjacent to an activating group) is 1. The van der Waals surface area contributed by atoms with Gasteiger partial charge in [-0.1, -0.05) is 276 Å². The van der Waals surface area contributed by atoms with Crippen molar-refractivity contribution in [3.8, 4) is 0 Å². The van der Waals surface area contributed by atoms with Crippen molar-refractivity contribution in [3.05, 3.63) is 12.2 Å². The third-order valence-electron chi connectivity index (χ3n) is 14.0. The van der Waals surface area contributed by atoms with Crippen molar-refractivity contribution >= 4 is 19.8 Å². The maximum atomic E-state index is 12.8. The SMILES string of the molecule is CCCCCCCCC/C=C\CCCCCCCCCC(=O)OC(COC(=O)CCCCCCCCCCCCCCCCCCCCCCCCCCCCCCC)COP(=O)([O-])OCC[N+](C)(C)C. The first-order valence-electron chi connectivity index (χ1n) is 30.9. The molecule has 422 valence electrons. The van der Waals surface area contributed by atoms with Crippen LogP contribution in [0.1, 0.15) is 316 Å². The number of carbonyl (C=O) groups is 2. The number of hydrogen-bond acceptors (Lipinski definition) is 8. The summed E-state index contributed by atoms with van der Waals surface area (Å²) in [7, 11) is 1.18. The fourth-order valence-electron chi connectivity index (χ4n) is 9.24. The Balaban J connectivity index is 4.02. The van der Waals surface area contributed by atoms with Crippen LogP contribution in [-0.4, -0.2) is 70.0 Å². The molecule has 9 nitrogen and oxygen atoms in total. The third kappa shape index (κ3) is 57.9. The topological polar surface area (TPSA) is 111 Å². The highest BCUT2D eigenvalue weighted by molar-refractivity contribution is 7.45. The normalized spacial score (nSPS) is 13.3. The summed E-state index contributed by atoms with van der Waals surface area (Å²) in [5.41, 5.74) is 0. The van der Waals surface area contributed by atoms with E-state index in [4.69, 9.17) is 18.5 Å². The Bertz CT molecular complexity index is 1210. The number of hydrogen-bond donors (Lipinski definition) is 0. The maximum Gasteiger partial charge on any atom is 0.306 e. The molecule has 0 aliphatic heterocycles. The van der Waals surface area contributed by atoms with Crippen LogP contribution in [0.2, 0.25) is 0 Å². The van der Waals surface area contributed by atoms with Gasteiger partial charge in [0.05, 0.1) is 27.7 Å². The Morgan fingerprint density at radius 2 is 0.718 bits per heavy atom. The molecule has 0 fully saturated rings. The Kier molecular flexibility index (Phi) is 52.6. The zero-order valence-electron chi connectivity index (χ0n) is 48.0. The van der Waals surface area contributed by atoms with Crippen molar-refractivity contribution in [3.63, 3.8) is 0 Å². The van der Waals surface area contributed by atoms with Crippen LogP contribution in [0.25, 0.3) is 0 Å². The van der Waals surface area contributed by atoms with Gasteiger partial charge in [-0.3, -0.25) is 14.2 Å². The van der Waals surface area contributed by atoms with E-state index in [0.29, 0.717) is 17.4 Å². The number of nitrogens with zero attached hydrogens (tertiary/aromatic N) is 1. The van der Waals surface area contributed by atoms with E-state index >= 15 is 0 Å². The molecule has 0 aromatic carbocycles. The molecule has 2 unspecified atom stereocenters. The lowest BCUT2D eigenvalue weighted by molar-refractivity contribution is -0.870. The summed E-state index contributed by atoms with van der Waals surface area (Å²) in [6, 6.07) is 0. The predicted molar refractivity (Wildman–Crippen MR) is 301 cm³/mol. The van der Waals surface area contributed by atoms with Gasteiger partial charge in [0, 0.05) is 12.8 Å². The summed E-state index contributed by atoms with van der Waals surface area (Å²) < 4.78 is 34.2. The van der Waals surface area contributed by atoms with Gasteiger partial charge in [0.2, 0.25) is 0 Å². The van der Waals surface area contributed by atoms with Gasteiger partial charge in [0.25, 0.3) is 7.82 Å². The molecule has 0 N–H and O–H groups in total. The van der Waals surface area contributed by atoms with Gasteiger partial charge in [-0.25, -0.2) is 0 Å². The van der Waals surface area contributed by atoms with Crippen molar-refractivity contribution in [2.75, 3.05) is 47.5 Å². The zero-order chi connectivity index (χ0) is 52.0. The second-order valence-corrected chi connectivity index (χ2v) is 23.8. The van der Waals surface area contributed by atoms with Crippen molar-refractivity contribution in [1.82, 2.24) is 0 Å². The van der Waals surface area contributed by atoms with E-state index in [1.54, 1.807) is 0 Å². The van der Waals surface area contributed by atoms with Crippen molar-refractivity contribution in [2.24, 2.45) is 0 Å². The highest BCUT2D eigenvalue weighted by atomic mass is 31.2. The van der Waals surface area contributed by atoms with Crippen molar-refractivity contribution < 1.29 is 42.1 Å². The lowest BCUT2D eigenvalue weighted by Crippen LogP contribution is -2.37. The zero-order valence-corrected chi connectivity index (χ0v) is 48.8. The van der Waals surface area contributed by atoms with Crippen LogP contribution in [-0.2, 0) is 32.7 Å². The van der Waals surface area contributed by atoms with Crippen LogP contribution in [0.3, 0.4) is 0 Å². The van der Waals surface area contributed by atoms with Crippen LogP contribution in [0.5, 0.6) is 0 Å². The van der Waals surface area contributed by atoms with Crippen LogP contribution in [0.15, 0.2) is 12.2 Å². The summed E-state index contributed by atoms with van der Waals surface area (Å²) in [5, 5.41) is 0. The number of allylic oxidation sites excluding steroid dienone is 2. The minimum Gasteiger partial charge on any atom is -0.756 e. The van der Waals surface area contributed by atoms with Crippen molar-refractivity contribution in [1.29, 1.82) is 0 Å². The Labute approximate surface area is 441 Å². The fourth-order valence-corrected chi connectivity index (χ4v) is 9.97. The summed E-state index contributed by atoms with van der Waals surface area (Å²) in [5.74, 6) is -0.819. The van der Waals surface area contributed by atoms with E-state index in [-0.39, 0.29) is 32.0 Å². The molecule has 71 heavy (non-hydrogen) atoms. The number of carbonyl (C=O) groups excluding carboxylic acids is 2. The molecular weight excluding hydrogens is 906 g/mol. The number of phosphoric ester groups is 1. The molecule has 0 saturated heterocycles. The highest BCUT2D eigenvalue weighted by Gasteiger charge is 2.22. The molecule has 0 spiro atoms. The highest BCUT2D eigenvalue weighted by Crippen LogP contribution is 2.38. The van der Waals surface area contributed by atoms with E-state index in [1.165, 1.54) is 238 Å². The fraction of sp³-hybridized carbons (Fsp3) is 0.934. The first-order valence-corrected chi connectivity index (χ1v) is 32.4. The molecule has 0 amide bonds. The minimum absolute atomic E-state index is 0.0280. The van der Waals surface area contributed by atoms with Crippen molar-refractivity contribution in [2.45, 2.75) is 322 Å². The molecule has 0 aliphatic carbocycles. The van der Waals surface area contributed by atoms with E-state index in [9.17, 15) is 19.0 Å². The smallest absolute Gasteiger partial charge is 0.306 e. The van der Waals surface area contributed by atoms with Crippen LogP contribution < -0.4 is 4.89 Å². The summed E-state index contributed by atoms with van der Waals surface area (Å²) in [4.78, 5) is 37.9. The maximum absolute atomic E-state index is 12.8. The second kappa shape index (κ2) is 53.6. The molecule has 2 atom stereocenters. The van der Waals surface area contributed by atoms with Crippen LogP contribution in [0.4, 0.5) is 0 Å². The molecule has 0 heterocycles. The van der Waals surface area contributed by atoms with Crippen LogP contribution >= 0.6 is 7.82 Å². The molecule has 0 rings (SSSR count). The quantitative estimate of drug-likeness (QED) is 0.0195. The lowest BCUT2D eigenvalue weighted by Gasteiger charge is -2.28. The van der Waals surface area contributed by atoms with Crippen LogP contribution in [0, 0.1) is 0 Å². The average molecular weight is 1030 g/mol. The van der Waals surface area contributed by atoms with Gasteiger partial charge in [-0.15, -0.1) is 0 Å². The van der Waals surface area contributed by atoms with E-state index in [2.05, 4.69) is 26.0 Å². The number of esters is 2. The molecule has 10 heteroatoms. The monoisotopic (exact) mass is 1030 g/mol. The molecule has 0 aromatic heterocycles. The standard InChI is InChI=1S/C61H120NO8P/c1-6-8-10-12-14-16-18-20-22-24-26-27-28-29-30-31-32-33-34-35-36-38-39-41-43-45-47-49-51-53-60(63)67-57-59(58-69-71(65,66)68-56-55-62(3,4)5)70-61(64)54-52-50-48-46-44-42-40-37-25-23-21-19-17-15-13-11-9-7-2/h23,25,59H,6-22,24,26-58H2,1-5H3/b25-23-. The number of ether oxygens (including phenoxy) is 2. The number of phosphoric acid groups is 1.